The number of rotatable bonds is 2. The van der Waals surface area contributed by atoms with E-state index in [2.05, 4.69) is 0 Å². The lowest BCUT2D eigenvalue weighted by molar-refractivity contribution is -0.112. The maximum atomic E-state index is 13.2. The third-order valence-electron chi connectivity index (χ3n) is 4.20. The first-order valence-corrected chi connectivity index (χ1v) is 8.88. The van der Waals surface area contributed by atoms with Gasteiger partial charge in [0.1, 0.15) is 0 Å². The molecule has 1 aromatic heterocycles. The molecule has 0 bridgehead atoms. The van der Waals surface area contributed by atoms with E-state index in [0.717, 1.165) is 11.1 Å². The fourth-order valence-corrected chi connectivity index (χ4v) is 3.64. The predicted molar refractivity (Wildman–Crippen MR) is 102 cm³/mol. The van der Waals surface area contributed by atoms with Crippen LogP contribution in [-0.2, 0) is 4.79 Å². The average Bonchev–Trinajstić information content (AvgIpc) is 3.12. The van der Waals surface area contributed by atoms with Crippen LogP contribution in [0.4, 0.5) is 5.69 Å². The van der Waals surface area contributed by atoms with Crippen LogP contribution < -0.4 is 4.90 Å². The van der Waals surface area contributed by atoms with Gasteiger partial charge in [0.2, 0.25) is 0 Å². The fourth-order valence-electron chi connectivity index (χ4n) is 3.02. The summed E-state index contributed by atoms with van der Waals surface area (Å²) in [5, 5.41) is 3.95. The normalized spacial score (nSPS) is 15.6. The first-order chi connectivity index (χ1) is 12.1. The van der Waals surface area contributed by atoms with Crippen LogP contribution in [0.3, 0.4) is 0 Å². The molecule has 2 aromatic carbocycles. The second-order valence-electron chi connectivity index (χ2n) is 5.94. The molecule has 3 aromatic rings. The summed E-state index contributed by atoms with van der Waals surface area (Å²) in [6.07, 6.45) is 1.85. The highest BCUT2D eigenvalue weighted by Crippen LogP contribution is 2.33. The van der Waals surface area contributed by atoms with E-state index < -0.39 is 0 Å². The van der Waals surface area contributed by atoms with Crippen LogP contribution in [0, 0.1) is 6.92 Å². The van der Waals surface area contributed by atoms with Crippen molar-refractivity contribution in [2.75, 3.05) is 4.90 Å². The fraction of sp³-hybridized carbons (Fsp3) is 0.0476. The molecule has 0 saturated carbocycles. The van der Waals surface area contributed by atoms with Gasteiger partial charge in [-0.15, -0.1) is 0 Å². The van der Waals surface area contributed by atoms with E-state index in [1.54, 1.807) is 23.5 Å². The lowest BCUT2D eigenvalue weighted by Gasteiger charge is -2.28. The number of thiophene rings is 1. The molecule has 1 aliphatic heterocycles. The summed E-state index contributed by atoms with van der Waals surface area (Å²) >= 11 is 1.57. The van der Waals surface area contributed by atoms with Gasteiger partial charge < -0.3 is 0 Å². The minimum Gasteiger partial charge on any atom is -0.268 e. The van der Waals surface area contributed by atoms with E-state index in [0.29, 0.717) is 22.4 Å². The van der Waals surface area contributed by atoms with Crippen LogP contribution >= 0.6 is 11.3 Å². The van der Waals surface area contributed by atoms with Gasteiger partial charge in [0.05, 0.1) is 5.69 Å². The molecule has 0 unspecified atom stereocenters. The summed E-state index contributed by atoms with van der Waals surface area (Å²) < 4.78 is 0. The van der Waals surface area contributed by atoms with Crippen LogP contribution in [-0.4, -0.2) is 11.8 Å². The highest BCUT2D eigenvalue weighted by Gasteiger charge is 2.35. The van der Waals surface area contributed by atoms with Crippen molar-refractivity contribution < 1.29 is 9.59 Å². The summed E-state index contributed by atoms with van der Waals surface area (Å²) in [4.78, 5) is 27.4. The number of aryl methyl sites for hydroxylation is 1. The van der Waals surface area contributed by atoms with Crippen molar-refractivity contribution in [3.63, 3.8) is 0 Å². The van der Waals surface area contributed by atoms with Gasteiger partial charge in [-0.2, -0.15) is 11.3 Å². The number of hydrogen-bond acceptors (Lipinski definition) is 3. The highest BCUT2D eigenvalue weighted by molar-refractivity contribution is 7.08. The van der Waals surface area contributed by atoms with Gasteiger partial charge in [-0.3, -0.25) is 9.59 Å². The molecular formula is C21H15NO2S. The first kappa shape index (κ1) is 15.5. The number of fused-ring (bicyclic) bond motifs is 1. The Hall–Kier alpha value is -2.98. The Bertz CT molecular complexity index is 1000. The lowest BCUT2D eigenvalue weighted by Crippen LogP contribution is -2.41. The van der Waals surface area contributed by atoms with Gasteiger partial charge in [0.25, 0.3) is 11.8 Å². The zero-order valence-electron chi connectivity index (χ0n) is 13.6. The first-order valence-electron chi connectivity index (χ1n) is 7.94. The lowest BCUT2D eigenvalue weighted by atomic mass is 9.92. The smallest absolute Gasteiger partial charge is 0.265 e. The van der Waals surface area contributed by atoms with E-state index >= 15 is 0 Å². The highest BCUT2D eigenvalue weighted by atomic mass is 32.1. The maximum absolute atomic E-state index is 13.2. The quantitative estimate of drug-likeness (QED) is 0.495. The molecular weight excluding hydrogens is 330 g/mol. The molecule has 122 valence electrons. The Kier molecular flexibility index (Phi) is 3.82. The Balaban J connectivity index is 1.92. The van der Waals surface area contributed by atoms with Crippen LogP contribution in [0.1, 0.15) is 27.0 Å². The molecule has 0 spiro atoms. The largest absolute Gasteiger partial charge is 0.268 e. The van der Waals surface area contributed by atoms with Crippen molar-refractivity contribution in [1.82, 2.24) is 0 Å². The number of amides is 2. The van der Waals surface area contributed by atoms with Gasteiger partial charge in [-0.25, -0.2) is 4.90 Å². The number of imide groups is 1. The molecule has 2 heterocycles. The Labute approximate surface area is 149 Å². The monoisotopic (exact) mass is 345 g/mol. The second-order valence-corrected chi connectivity index (χ2v) is 6.73. The summed E-state index contributed by atoms with van der Waals surface area (Å²) in [7, 11) is 0. The molecule has 0 saturated heterocycles. The molecule has 4 heteroatoms. The Morgan fingerprint density at radius 2 is 1.72 bits per heavy atom. The number of nitrogens with zero attached hydrogens (tertiary/aromatic N) is 1. The van der Waals surface area contributed by atoms with Gasteiger partial charge >= 0.3 is 0 Å². The summed E-state index contributed by atoms with van der Waals surface area (Å²) in [5.74, 6) is -0.575. The van der Waals surface area contributed by atoms with Crippen LogP contribution in [0.25, 0.3) is 11.6 Å². The number of hydrogen-bond donors (Lipinski definition) is 0. The van der Waals surface area contributed by atoms with E-state index in [1.807, 2.05) is 66.2 Å². The van der Waals surface area contributed by atoms with Gasteiger partial charge in [-0.1, -0.05) is 30.3 Å². The second kappa shape index (κ2) is 6.15. The summed E-state index contributed by atoms with van der Waals surface area (Å²) in [5.41, 5.74) is 4.33. The van der Waals surface area contributed by atoms with Crippen LogP contribution in [0.2, 0.25) is 0 Å². The minimum absolute atomic E-state index is 0.284. The molecule has 2 amide bonds. The molecule has 4 rings (SSSR count). The van der Waals surface area contributed by atoms with Crippen molar-refractivity contribution in [1.29, 1.82) is 0 Å². The molecule has 0 radical (unpaired) electrons. The standard InChI is InChI=1S/C21H15NO2S/c1-14-5-4-6-16(11-14)22-20(23)18-8-3-2-7-17(18)19(21(22)24)12-15-9-10-25-13-15/h2-13H,1H3. The predicted octanol–water partition coefficient (Wildman–Crippen LogP) is 4.78. The number of benzene rings is 2. The molecule has 0 atom stereocenters. The summed E-state index contributed by atoms with van der Waals surface area (Å²) in [6, 6.07) is 16.7. The molecule has 0 aliphatic carbocycles. The Morgan fingerprint density at radius 1 is 0.920 bits per heavy atom. The van der Waals surface area contributed by atoms with Crippen LogP contribution in [0.5, 0.6) is 0 Å². The van der Waals surface area contributed by atoms with E-state index in [9.17, 15) is 9.59 Å². The molecule has 3 nitrogen and oxygen atoms in total. The molecule has 0 fully saturated rings. The number of carbonyl (C=O) groups is 2. The van der Waals surface area contributed by atoms with Crippen molar-refractivity contribution >= 4 is 40.5 Å². The molecule has 0 N–H and O–H groups in total. The molecule has 1 aliphatic rings. The SMILES string of the molecule is Cc1cccc(N2C(=O)C(=Cc3ccsc3)c3ccccc3C2=O)c1. The van der Waals surface area contributed by atoms with E-state index in [4.69, 9.17) is 0 Å². The third kappa shape index (κ3) is 2.71. The summed E-state index contributed by atoms with van der Waals surface area (Å²) in [6.45, 7) is 1.94. The van der Waals surface area contributed by atoms with E-state index in [-0.39, 0.29) is 11.8 Å². The van der Waals surface area contributed by atoms with Gasteiger partial charge in [0.15, 0.2) is 0 Å². The van der Waals surface area contributed by atoms with Gasteiger partial charge in [0, 0.05) is 11.1 Å². The minimum atomic E-state index is -0.291. The topological polar surface area (TPSA) is 37.4 Å². The third-order valence-corrected chi connectivity index (χ3v) is 4.90. The van der Waals surface area contributed by atoms with Crippen molar-refractivity contribution in [3.05, 3.63) is 87.6 Å². The van der Waals surface area contributed by atoms with Crippen molar-refractivity contribution in [3.8, 4) is 0 Å². The number of carbonyl (C=O) groups excluding carboxylic acids is 2. The average molecular weight is 345 g/mol. The molecule has 25 heavy (non-hydrogen) atoms. The van der Waals surface area contributed by atoms with E-state index in [1.165, 1.54) is 4.90 Å². The van der Waals surface area contributed by atoms with Crippen LogP contribution in [0.15, 0.2) is 65.4 Å². The zero-order valence-corrected chi connectivity index (χ0v) is 14.4. The maximum Gasteiger partial charge on any atom is 0.265 e. The van der Waals surface area contributed by atoms with Gasteiger partial charge in [-0.05, 0) is 64.7 Å². The van der Waals surface area contributed by atoms with Crippen molar-refractivity contribution in [2.24, 2.45) is 0 Å². The Morgan fingerprint density at radius 3 is 2.44 bits per heavy atom. The number of anilines is 1. The van der Waals surface area contributed by atoms with Crippen molar-refractivity contribution in [2.45, 2.75) is 6.92 Å². The zero-order chi connectivity index (χ0) is 17.4.